The number of hydrogen-bond acceptors (Lipinski definition) is 5. The van der Waals surface area contributed by atoms with Crippen molar-refractivity contribution in [3.05, 3.63) is 47.5 Å². The first-order valence-electron chi connectivity index (χ1n) is 8.78. The zero-order chi connectivity index (χ0) is 19.7. The molecule has 0 spiro atoms. The molecule has 0 unspecified atom stereocenters. The summed E-state index contributed by atoms with van der Waals surface area (Å²) < 4.78 is 34.6. The Morgan fingerprint density at radius 3 is 2.68 bits per heavy atom. The third kappa shape index (κ3) is 3.73. The van der Waals surface area contributed by atoms with Gasteiger partial charge in [-0.2, -0.15) is 24.2 Å². The highest BCUT2D eigenvalue weighted by molar-refractivity contribution is 5.97. The van der Waals surface area contributed by atoms with Crippen LogP contribution < -0.4 is 9.47 Å². The van der Waals surface area contributed by atoms with E-state index in [0.717, 1.165) is 18.4 Å². The van der Waals surface area contributed by atoms with Gasteiger partial charge in [-0.15, -0.1) is 0 Å². The van der Waals surface area contributed by atoms with Crippen molar-refractivity contribution < 1.29 is 23.0 Å². The first kappa shape index (κ1) is 18.1. The number of benzene rings is 2. The second-order valence-corrected chi connectivity index (χ2v) is 6.56. The molecule has 3 aromatic rings. The van der Waals surface area contributed by atoms with Crippen molar-refractivity contribution in [1.29, 1.82) is 0 Å². The molecule has 1 amide bonds. The topological polar surface area (TPSA) is 80.3 Å². The molecule has 0 radical (unpaired) electrons. The molecule has 0 bridgehead atoms. The molecule has 1 saturated carbocycles. The lowest BCUT2D eigenvalue weighted by Gasteiger charge is -2.23. The Morgan fingerprint density at radius 2 is 1.96 bits per heavy atom. The smallest absolute Gasteiger partial charge is 0.387 e. The summed E-state index contributed by atoms with van der Waals surface area (Å²) in [5.74, 6) is 0.0475. The molecule has 28 heavy (non-hydrogen) atoms. The maximum atomic E-state index is 13.1. The maximum absolute atomic E-state index is 13.1. The quantitative estimate of drug-likeness (QED) is 0.671. The number of fused-ring (bicyclic) bond motifs is 1. The van der Waals surface area contributed by atoms with E-state index in [1.165, 1.54) is 13.2 Å². The van der Waals surface area contributed by atoms with Crippen LogP contribution in [0.5, 0.6) is 11.5 Å². The zero-order valence-corrected chi connectivity index (χ0v) is 15.1. The van der Waals surface area contributed by atoms with Gasteiger partial charge in [0.05, 0.1) is 7.11 Å². The predicted molar refractivity (Wildman–Crippen MR) is 96.4 cm³/mol. The summed E-state index contributed by atoms with van der Waals surface area (Å²) in [5, 5.41) is 10.5. The number of aromatic amines is 1. The molecule has 7 nitrogen and oxygen atoms in total. The second-order valence-electron chi connectivity index (χ2n) is 6.56. The van der Waals surface area contributed by atoms with Crippen molar-refractivity contribution in [3.63, 3.8) is 0 Å². The van der Waals surface area contributed by atoms with Crippen LogP contribution in [0.25, 0.3) is 11.0 Å². The van der Waals surface area contributed by atoms with Crippen LogP contribution in [0.15, 0.2) is 36.4 Å². The van der Waals surface area contributed by atoms with Crippen LogP contribution in [0.4, 0.5) is 8.78 Å². The standard InChI is InChI=1S/C19H18F2N4O3/c1-27-17-8-11(2-7-16(17)28-19(20)21)10-25(13-4-5-13)18(26)12-3-6-14-15(9-12)23-24-22-14/h2-3,6-9,13,19H,4-5,10H2,1H3,(H,22,23,24). The number of H-pyrrole nitrogens is 1. The Hall–Kier alpha value is -3.23. The number of nitrogens with zero attached hydrogens (tertiary/aromatic N) is 3. The molecule has 9 heteroatoms. The van der Waals surface area contributed by atoms with E-state index >= 15 is 0 Å². The summed E-state index contributed by atoms with van der Waals surface area (Å²) in [5.41, 5.74) is 2.60. The van der Waals surface area contributed by atoms with E-state index in [2.05, 4.69) is 20.1 Å². The molecule has 146 valence electrons. The molecule has 4 rings (SSSR count). The average molecular weight is 388 g/mol. The molecule has 1 fully saturated rings. The van der Waals surface area contributed by atoms with Gasteiger partial charge < -0.3 is 14.4 Å². The van der Waals surface area contributed by atoms with Crippen molar-refractivity contribution in [2.45, 2.75) is 32.0 Å². The molecule has 1 heterocycles. The van der Waals surface area contributed by atoms with Gasteiger partial charge in [0.15, 0.2) is 11.5 Å². The van der Waals surface area contributed by atoms with Gasteiger partial charge in [0, 0.05) is 18.2 Å². The van der Waals surface area contributed by atoms with Gasteiger partial charge in [-0.25, -0.2) is 0 Å². The van der Waals surface area contributed by atoms with Crippen molar-refractivity contribution in [2.24, 2.45) is 0 Å². The minimum atomic E-state index is -2.93. The van der Waals surface area contributed by atoms with E-state index < -0.39 is 6.61 Å². The van der Waals surface area contributed by atoms with Gasteiger partial charge in [-0.05, 0) is 48.7 Å². The van der Waals surface area contributed by atoms with E-state index in [1.807, 2.05) is 0 Å². The Morgan fingerprint density at radius 1 is 1.18 bits per heavy atom. The number of carbonyl (C=O) groups is 1. The van der Waals surface area contributed by atoms with E-state index in [9.17, 15) is 13.6 Å². The third-order valence-electron chi connectivity index (χ3n) is 4.61. The Kier molecular flexibility index (Phi) is 4.81. The number of amides is 1. The van der Waals surface area contributed by atoms with Crippen molar-refractivity contribution in [3.8, 4) is 11.5 Å². The number of aromatic nitrogens is 3. The highest BCUT2D eigenvalue weighted by Crippen LogP contribution is 2.33. The summed E-state index contributed by atoms with van der Waals surface area (Å²) in [6.07, 6.45) is 1.86. The molecular weight excluding hydrogens is 370 g/mol. The first-order valence-corrected chi connectivity index (χ1v) is 8.78. The van der Waals surface area contributed by atoms with Crippen LogP contribution in [-0.4, -0.2) is 46.0 Å². The largest absolute Gasteiger partial charge is 0.493 e. The van der Waals surface area contributed by atoms with Gasteiger partial charge in [0.25, 0.3) is 5.91 Å². The highest BCUT2D eigenvalue weighted by Gasteiger charge is 2.33. The zero-order valence-electron chi connectivity index (χ0n) is 15.1. The minimum absolute atomic E-state index is 0.0398. The van der Waals surface area contributed by atoms with E-state index in [4.69, 9.17) is 4.74 Å². The van der Waals surface area contributed by atoms with Crippen LogP contribution in [0.1, 0.15) is 28.8 Å². The van der Waals surface area contributed by atoms with Crippen LogP contribution in [0, 0.1) is 0 Å². The molecule has 1 aliphatic carbocycles. The number of nitrogens with one attached hydrogen (secondary N) is 1. The number of hydrogen-bond donors (Lipinski definition) is 1. The number of halogens is 2. The summed E-state index contributed by atoms with van der Waals surface area (Å²) in [6.45, 7) is -2.60. The van der Waals surface area contributed by atoms with E-state index in [0.29, 0.717) is 23.1 Å². The minimum Gasteiger partial charge on any atom is -0.493 e. The fourth-order valence-corrected chi connectivity index (χ4v) is 3.09. The van der Waals surface area contributed by atoms with Crippen LogP contribution in [-0.2, 0) is 6.54 Å². The summed E-state index contributed by atoms with van der Waals surface area (Å²) >= 11 is 0. The molecule has 1 aromatic heterocycles. The average Bonchev–Trinajstić information content (AvgIpc) is 3.42. The molecule has 0 saturated heterocycles. The van der Waals surface area contributed by atoms with Crippen LogP contribution in [0.3, 0.4) is 0 Å². The normalized spacial score (nSPS) is 13.7. The number of methoxy groups -OCH3 is 1. The van der Waals surface area contributed by atoms with Gasteiger partial charge in [0.1, 0.15) is 11.0 Å². The molecule has 1 N–H and O–H groups in total. The van der Waals surface area contributed by atoms with Crippen LogP contribution in [0.2, 0.25) is 0 Å². The number of ether oxygens (including phenoxy) is 2. The van der Waals surface area contributed by atoms with Crippen molar-refractivity contribution >= 4 is 16.9 Å². The van der Waals surface area contributed by atoms with Crippen LogP contribution >= 0.6 is 0 Å². The lowest BCUT2D eigenvalue weighted by Crippen LogP contribution is -2.32. The fourth-order valence-electron chi connectivity index (χ4n) is 3.09. The molecule has 0 aliphatic heterocycles. The van der Waals surface area contributed by atoms with Gasteiger partial charge in [-0.3, -0.25) is 4.79 Å². The van der Waals surface area contributed by atoms with Crippen molar-refractivity contribution in [1.82, 2.24) is 20.3 Å². The van der Waals surface area contributed by atoms with Gasteiger partial charge >= 0.3 is 6.61 Å². The lowest BCUT2D eigenvalue weighted by atomic mass is 10.1. The molecule has 0 atom stereocenters. The second kappa shape index (κ2) is 7.41. The maximum Gasteiger partial charge on any atom is 0.387 e. The molecular formula is C19H18F2N4O3. The lowest BCUT2D eigenvalue weighted by molar-refractivity contribution is -0.0512. The summed E-state index contributed by atoms with van der Waals surface area (Å²) in [7, 11) is 1.38. The number of carbonyl (C=O) groups excluding carboxylic acids is 1. The highest BCUT2D eigenvalue weighted by atomic mass is 19.3. The molecule has 2 aromatic carbocycles. The SMILES string of the molecule is COc1cc(CN(C(=O)c2ccc3n[nH]nc3c2)C2CC2)ccc1OC(F)F. The fraction of sp³-hybridized carbons (Fsp3) is 0.316. The Bertz CT molecular complexity index is 1000. The Labute approximate surface area is 159 Å². The number of rotatable bonds is 7. The van der Waals surface area contributed by atoms with Gasteiger partial charge in [-0.1, -0.05) is 6.07 Å². The van der Waals surface area contributed by atoms with E-state index in [-0.39, 0.29) is 23.4 Å². The predicted octanol–water partition coefficient (Wildman–Crippen LogP) is 3.37. The van der Waals surface area contributed by atoms with E-state index in [1.54, 1.807) is 35.2 Å². The monoisotopic (exact) mass is 388 g/mol. The Balaban J connectivity index is 1.57. The third-order valence-corrected chi connectivity index (χ3v) is 4.61. The number of alkyl halides is 2. The molecule has 1 aliphatic rings. The first-order chi connectivity index (χ1) is 13.5. The van der Waals surface area contributed by atoms with Gasteiger partial charge in [0.2, 0.25) is 0 Å². The van der Waals surface area contributed by atoms with Crippen molar-refractivity contribution in [2.75, 3.05) is 7.11 Å². The summed E-state index contributed by atoms with van der Waals surface area (Å²) in [6, 6.07) is 10.0. The summed E-state index contributed by atoms with van der Waals surface area (Å²) in [4.78, 5) is 14.9.